The maximum absolute atomic E-state index is 13.5. The Morgan fingerprint density at radius 2 is 1.53 bits per heavy atom. The molecule has 1 saturated heterocycles. The minimum atomic E-state index is -0.354. The smallest absolute Gasteiger partial charge is 0.232 e. The molecule has 4 heteroatoms. The number of rotatable bonds is 6. The van der Waals surface area contributed by atoms with Crippen molar-refractivity contribution in [2.24, 2.45) is 5.92 Å². The van der Waals surface area contributed by atoms with E-state index >= 15 is 0 Å². The number of carbonyl (C=O) groups is 2. The van der Waals surface area contributed by atoms with Gasteiger partial charge in [-0.05, 0) is 41.8 Å². The molecule has 0 saturated carbocycles. The van der Waals surface area contributed by atoms with E-state index in [1.54, 1.807) is 9.80 Å². The molecule has 30 heavy (non-hydrogen) atoms. The van der Waals surface area contributed by atoms with Gasteiger partial charge >= 0.3 is 0 Å². The van der Waals surface area contributed by atoms with E-state index in [4.69, 9.17) is 0 Å². The summed E-state index contributed by atoms with van der Waals surface area (Å²) in [5.74, 6) is -0.358. The largest absolute Gasteiger partial charge is 0.312 e. The maximum atomic E-state index is 13.5. The van der Waals surface area contributed by atoms with E-state index in [9.17, 15) is 9.59 Å². The molecule has 1 unspecified atom stereocenters. The Morgan fingerprint density at radius 3 is 2.17 bits per heavy atom. The highest BCUT2D eigenvalue weighted by Gasteiger charge is 2.37. The molecule has 0 aliphatic carbocycles. The van der Waals surface area contributed by atoms with Crippen molar-refractivity contribution < 1.29 is 9.59 Å². The van der Waals surface area contributed by atoms with Crippen LogP contribution in [0.4, 0.5) is 11.4 Å². The number of carbonyl (C=O) groups excluding carboxylic acids is 2. The summed E-state index contributed by atoms with van der Waals surface area (Å²) in [6, 6.07) is 27.7. The molecule has 4 nitrogen and oxygen atoms in total. The van der Waals surface area contributed by atoms with E-state index in [0.29, 0.717) is 13.1 Å². The lowest BCUT2D eigenvalue weighted by molar-refractivity contribution is -0.124. The number of hydrogen-bond acceptors (Lipinski definition) is 2. The van der Waals surface area contributed by atoms with Crippen LogP contribution in [0.15, 0.2) is 84.9 Å². The number of nitrogens with zero attached hydrogens (tertiary/aromatic N) is 2. The van der Waals surface area contributed by atoms with E-state index in [1.165, 1.54) is 5.56 Å². The lowest BCUT2D eigenvalue weighted by Crippen LogP contribution is -2.37. The van der Waals surface area contributed by atoms with Gasteiger partial charge in [-0.15, -0.1) is 0 Å². The van der Waals surface area contributed by atoms with Crippen LogP contribution in [-0.2, 0) is 22.6 Å². The Balaban J connectivity index is 1.56. The van der Waals surface area contributed by atoms with Gasteiger partial charge in [-0.25, -0.2) is 0 Å². The van der Waals surface area contributed by atoms with Crippen molar-refractivity contribution in [1.82, 2.24) is 0 Å². The molecule has 3 aromatic rings. The Morgan fingerprint density at radius 1 is 0.900 bits per heavy atom. The van der Waals surface area contributed by atoms with Crippen LogP contribution in [0, 0.1) is 5.92 Å². The lowest BCUT2D eigenvalue weighted by Gasteiger charge is -2.26. The van der Waals surface area contributed by atoms with Crippen molar-refractivity contribution >= 4 is 23.2 Å². The molecule has 0 bridgehead atoms. The first-order valence-corrected chi connectivity index (χ1v) is 10.5. The van der Waals surface area contributed by atoms with Gasteiger partial charge in [0.05, 0.1) is 12.5 Å². The number of anilines is 2. The topological polar surface area (TPSA) is 40.6 Å². The standard InChI is InChI=1S/C26H26N2O2/c1-2-20-13-15-24(16-14-20)27-19-22(17-25(27)29)26(30)28(23-11-7-4-8-12-23)18-21-9-5-3-6-10-21/h3-16,22H,2,17-19H2,1H3. The zero-order valence-corrected chi connectivity index (χ0v) is 17.2. The summed E-state index contributed by atoms with van der Waals surface area (Å²) in [7, 11) is 0. The van der Waals surface area contributed by atoms with Gasteiger partial charge in [-0.2, -0.15) is 0 Å². The average molecular weight is 399 g/mol. The molecule has 3 aromatic carbocycles. The van der Waals surface area contributed by atoms with Crippen molar-refractivity contribution in [2.45, 2.75) is 26.3 Å². The molecule has 0 N–H and O–H groups in total. The van der Waals surface area contributed by atoms with Crippen molar-refractivity contribution in [3.63, 3.8) is 0 Å². The average Bonchev–Trinajstić information content (AvgIpc) is 3.20. The van der Waals surface area contributed by atoms with E-state index in [1.807, 2.05) is 84.9 Å². The molecule has 1 heterocycles. The fraction of sp³-hybridized carbons (Fsp3) is 0.231. The molecular weight excluding hydrogens is 372 g/mol. The van der Waals surface area contributed by atoms with Gasteiger partial charge in [0.1, 0.15) is 0 Å². The van der Waals surface area contributed by atoms with Gasteiger partial charge in [-0.3, -0.25) is 9.59 Å². The quantitative estimate of drug-likeness (QED) is 0.596. The van der Waals surface area contributed by atoms with Crippen LogP contribution in [0.5, 0.6) is 0 Å². The van der Waals surface area contributed by atoms with E-state index in [2.05, 4.69) is 6.92 Å². The predicted octanol–water partition coefficient (Wildman–Crippen LogP) is 4.84. The second kappa shape index (κ2) is 8.95. The SMILES string of the molecule is CCc1ccc(N2CC(C(=O)N(Cc3ccccc3)c3ccccc3)CC2=O)cc1. The highest BCUT2D eigenvalue weighted by atomic mass is 16.2. The van der Waals surface area contributed by atoms with Crippen LogP contribution in [-0.4, -0.2) is 18.4 Å². The molecular formula is C26H26N2O2. The van der Waals surface area contributed by atoms with Gasteiger partial charge in [-0.1, -0.05) is 67.6 Å². The molecule has 4 rings (SSSR count). The number of amides is 2. The van der Waals surface area contributed by atoms with Crippen LogP contribution in [0.3, 0.4) is 0 Å². The first kappa shape index (κ1) is 19.9. The van der Waals surface area contributed by atoms with Crippen molar-refractivity contribution in [2.75, 3.05) is 16.3 Å². The zero-order valence-electron chi connectivity index (χ0n) is 17.2. The van der Waals surface area contributed by atoms with E-state index in [0.717, 1.165) is 23.4 Å². The number of aryl methyl sites for hydroxylation is 1. The second-order valence-corrected chi connectivity index (χ2v) is 7.67. The zero-order chi connectivity index (χ0) is 20.9. The van der Waals surface area contributed by atoms with Crippen LogP contribution >= 0.6 is 0 Å². The first-order valence-electron chi connectivity index (χ1n) is 10.5. The summed E-state index contributed by atoms with van der Waals surface area (Å²) < 4.78 is 0. The highest BCUT2D eigenvalue weighted by molar-refractivity contribution is 6.04. The number of benzene rings is 3. The molecule has 1 fully saturated rings. The predicted molar refractivity (Wildman–Crippen MR) is 120 cm³/mol. The molecule has 1 aliphatic rings. The Hall–Kier alpha value is -3.40. The van der Waals surface area contributed by atoms with Gasteiger partial charge in [0, 0.05) is 24.3 Å². The highest BCUT2D eigenvalue weighted by Crippen LogP contribution is 2.29. The molecule has 0 spiro atoms. The van der Waals surface area contributed by atoms with Gasteiger partial charge in [0.15, 0.2) is 0 Å². The van der Waals surface area contributed by atoms with Crippen LogP contribution in [0.1, 0.15) is 24.5 Å². The van der Waals surface area contributed by atoms with Crippen LogP contribution in [0.25, 0.3) is 0 Å². The van der Waals surface area contributed by atoms with Crippen molar-refractivity contribution in [1.29, 1.82) is 0 Å². The summed E-state index contributed by atoms with van der Waals surface area (Å²) in [6.07, 6.45) is 1.20. The summed E-state index contributed by atoms with van der Waals surface area (Å²) in [4.78, 5) is 29.8. The monoisotopic (exact) mass is 398 g/mol. The summed E-state index contributed by atoms with van der Waals surface area (Å²) in [5, 5.41) is 0. The summed E-state index contributed by atoms with van der Waals surface area (Å²) in [6.45, 7) is 3.01. The first-order chi connectivity index (χ1) is 14.7. The Kier molecular flexibility index (Phi) is 5.94. The Labute approximate surface area is 177 Å². The third-order valence-corrected chi connectivity index (χ3v) is 5.65. The third-order valence-electron chi connectivity index (χ3n) is 5.65. The third kappa shape index (κ3) is 4.28. The minimum Gasteiger partial charge on any atom is -0.312 e. The number of hydrogen-bond donors (Lipinski definition) is 0. The van der Waals surface area contributed by atoms with Crippen LogP contribution in [0.2, 0.25) is 0 Å². The summed E-state index contributed by atoms with van der Waals surface area (Å²) >= 11 is 0. The molecule has 0 radical (unpaired) electrons. The Bertz CT molecular complexity index is 1000. The van der Waals surface area contributed by atoms with E-state index in [-0.39, 0.29) is 24.2 Å². The molecule has 1 aliphatic heterocycles. The van der Waals surface area contributed by atoms with Crippen molar-refractivity contribution in [3.05, 3.63) is 96.1 Å². The van der Waals surface area contributed by atoms with Crippen LogP contribution < -0.4 is 9.80 Å². The fourth-order valence-corrected chi connectivity index (χ4v) is 3.92. The molecule has 152 valence electrons. The lowest BCUT2D eigenvalue weighted by atomic mass is 10.1. The van der Waals surface area contributed by atoms with Gasteiger partial charge in [0.2, 0.25) is 11.8 Å². The normalized spacial score (nSPS) is 16.0. The second-order valence-electron chi connectivity index (χ2n) is 7.67. The van der Waals surface area contributed by atoms with Gasteiger partial charge < -0.3 is 9.80 Å². The fourth-order valence-electron chi connectivity index (χ4n) is 3.92. The number of para-hydroxylation sites is 1. The van der Waals surface area contributed by atoms with E-state index < -0.39 is 0 Å². The maximum Gasteiger partial charge on any atom is 0.232 e. The van der Waals surface area contributed by atoms with Gasteiger partial charge in [0.25, 0.3) is 0 Å². The molecule has 1 atom stereocenters. The molecule has 0 aromatic heterocycles. The summed E-state index contributed by atoms with van der Waals surface area (Å²) in [5.41, 5.74) is 4.01. The molecule has 2 amide bonds. The minimum absolute atomic E-state index is 0.00493. The van der Waals surface area contributed by atoms with Crippen molar-refractivity contribution in [3.8, 4) is 0 Å².